The van der Waals surface area contributed by atoms with E-state index in [4.69, 9.17) is 5.73 Å². The van der Waals surface area contributed by atoms with E-state index in [9.17, 15) is 17.6 Å². The van der Waals surface area contributed by atoms with Gasteiger partial charge in [-0.2, -0.15) is 13.2 Å². The minimum absolute atomic E-state index is 0.0137. The van der Waals surface area contributed by atoms with Crippen LogP contribution in [0.15, 0.2) is 0 Å². The molecule has 0 bridgehead atoms. The van der Waals surface area contributed by atoms with Crippen molar-refractivity contribution in [2.75, 3.05) is 0 Å². The number of alkyl halides is 4. The predicted octanol–water partition coefficient (Wildman–Crippen LogP) is 3.33. The van der Waals surface area contributed by atoms with Gasteiger partial charge in [0.2, 0.25) is 0 Å². The van der Waals surface area contributed by atoms with Crippen LogP contribution in [0.25, 0.3) is 0 Å². The summed E-state index contributed by atoms with van der Waals surface area (Å²) < 4.78 is 49.5. The summed E-state index contributed by atoms with van der Waals surface area (Å²) in [6.45, 7) is 0. The number of hydrogen-bond acceptors (Lipinski definition) is 1. The van der Waals surface area contributed by atoms with E-state index in [2.05, 4.69) is 0 Å². The highest BCUT2D eigenvalue weighted by Gasteiger charge is 2.36. The maximum Gasteiger partial charge on any atom is 0.389 e. The quantitative estimate of drug-likeness (QED) is 0.735. The Morgan fingerprint density at radius 2 is 2.00 bits per heavy atom. The molecule has 1 aliphatic carbocycles. The van der Waals surface area contributed by atoms with Crippen LogP contribution >= 0.6 is 0 Å². The fourth-order valence-corrected chi connectivity index (χ4v) is 2.19. The molecule has 15 heavy (non-hydrogen) atoms. The summed E-state index contributed by atoms with van der Waals surface area (Å²) in [5.41, 5.74) is 4.15. The molecule has 0 aromatic heterocycles. The van der Waals surface area contributed by atoms with Gasteiger partial charge in [0.1, 0.15) is 5.67 Å². The van der Waals surface area contributed by atoms with Gasteiger partial charge in [0.25, 0.3) is 0 Å². The number of halogens is 4. The first-order valence-corrected chi connectivity index (χ1v) is 5.32. The zero-order chi connectivity index (χ0) is 11.5. The Balaban J connectivity index is 2.30. The zero-order valence-electron chi connectivity index (χ0n) is 8.62. The lowest BCUT2D eigenvalue weighted by Crippen LogP contribution is -2.38. The minimum Gasteiger partial charge on any atom is -0.328 e. The van der Waals surface area contributed by atoms with Crippen molar-refractivity contribution < 1.29 is 17.6 Å². The molecule has 90 valence electrons. The Labute approximate surface area is 87.0 Å². The third-order valence-corrected chi connectivity index (χ3v) is 2.91. The molecule has 2 atom stereocenters. The molecule has 1 rings (SSSR count). The molecule has 0 amide bonds. The van der Waals surface area contributed by atoms with Crippen molar-refractivity contribution >= 4 is 0 Å². The van der Waals surface area contributed by atoms with Crippen molar-refractivity contribution in [2.24, 2.45) is 5.73 Å². The van der Waals surface area contributed by atoms with Crippen molar-refractivity contribution in [2.45, 2.75) is 62.8 Å². The smallest absolute Gasteiger partial charge is 0.328 e. The second-order valence-electron chi connectivity index (χ2n) is 4.48. The molecule has 1 nitrogen and oxygen atoms in total. The van der Waals surface area contributed by atoms with Crippen LogP contribution in [0.3, 0.4) is 0 Å². The highest BCUT2D eigenvalue weighted by atomic mass is 19.4. The Kier molecular flexibility index (Phi) is 3.98. The van der Waals surface area contributed by atoms with Crippen LogP contribution in [0.4, 0.5) is 17.6 Å². The largest absolute Gasteiger partial charge is 0.389 e. The van der Waals surface area contributed by atoms with E-state index in [1.54, 1.807) is 0 Å². The second-order valence-corrected chi connectivity index (χ2v) is 4.48. The Bertz CT molecular complexity index is 204. The van der Waals surface area contributed by atoms with Crippen molar-refractivity contribution in [1.29, 1.82) is 0 Å². The van der Waals surface area contributed by atoms with E-state index < -0.39 is 18.3 Å². The van der Waals surface area contributed by atoms with Gasteiger partial charge in [0.05, 0.1) is 0 Å². The lowest BCUT2D eigenvalue weighted by molar-refractivity contribution is -0.137. The van der Waals surface area contributed by atoms with Crippen LogP contribution in [-0.4, -0.2) is 17.9 Å². The van der Waals surface area contributed by atoms with E-state index in [1.807, 2.05) is 0 Å². The van der Waals surface area contributed by atoms with Crippen LogP contribution in [0.2, 0.25) is 0 Å². The van der Waals surface area contributed by atoms with Gasteiger partial charge < -0.3 is 5.73 Å². The van der Waals surface area contributed by atoms with Gasteiger partial charge in [0.15, 0.2) is 0 Å². The lowest BCUT2D eigenvalue weighted by Gasteiger charge is -2.33. The molecular weight excluding hydrogens is 210 g/mol. The highest BCUT2D eigenvalue weighted by molar-refractivity contribution is 4.88. The normalized spacial score (nSPS) is 33.0. The summed E-state index contributed by atoms with van der Waals surface area (Å²) in [5, 5.41) is 0. The van der Waals surface area contributed by atoms with E-state index in [1.165, 1.54) is 0 Å². The van der Waals surface area contributed by atoms with Crippen molar-refractivity contribution in [1.82, 2.24) is 0 Å². The molecule has 2 N–H and O–H groups in total. The van der Waals surface area contributed by atoms with Crippen molar-refractivity contribution in [3.05, 3.63) is 0 Å². The summed E-state index contributed by atoms with van der Waals surface area (Å²) in [6, 6.07) is -0.186. The maximum atomic E-state index is 14.0. The minimum atomic E-state index is -4.17. The molecule has 1 saturated carbocycles. The third kappa shape index (κ3) is 4.82. The van der Waals surface area contributed by atoms with Crippen LogP contribution in [-0.2, 0) is 0 Å². The molecular formula is C10H17F4N. The van der Waals surface area contributed by atoms with Gasteiger partial charge in [-0.15, -0.1) is 0 Å². The van der Waals surface area contributed by atoms with Crippen LogP contribution < -0.4 is 5.73 Å². The maximum absolute atomic E-state index is 14.0. The first kappa shape index (κ1) is 12.7. The molecule has 0 aromatic rings. The van der Waals surface area contributed by atoms with Crippen LogP contribution in [0.1, 0.15) is 44.9 Å². The molecule has 0 aliphatic heterocycles. The molecule has 0 spiro atoms. The summed E-state index contributed by atoms with van der Waals surface area (Å²) in [4.78, 5) is 0. The Morgan fingerprint density at radius 3 is 2.53 bits per heavy atom. The first-order valence-electron chi connectivity index (χ1n) is 5.32. The summed E-state index contributed by atoms with van der Waals surface area (Å²) in [7, 11) is 0. The van der Waals surface area contributed by atoms with Crippen LogP contribution in [0, 0.1) is 0 Å². The van der Waals surface area contributed by atoms with Gasteiger partial charge in [-0.3, -0.25) is 0 Å². The molecule has 0 heterocycles. The number of nitrogens with two attached hydrogens (primary N) is 1. The van der Waals surface area contributed by atoms with Gasteiger partial charge >= 0.3 is 6.18 Å². The van der Waals surface area contributed by atoms with Crippen molar-refractivity contribution in [3.63, 3.8) is 0 Å². The Hall–Kier alpha value is -0.320. The van der Waals surface area contributed by atoms with E-state index in [0.29, 0.717) is 12.8 Å². The van der Waals surface area contributed by atoms with Gasteiger partial charge in [-0.1, -0.05) is 0 Å². The number of rotatable bonds is 3. The fraction of sp³-hybridized carbons (Fsp3) is 1.00. The molecule has 0 aromatic carbocycles. The molecule has 0 saturated heterocycles. The summed E-state index contributed by atoms with van der Waals surface area (Å²) in [6.07, 6.45) is -3.17. The van der Waals surface area contributed by atoms with Gasteiger partial charge in [-0.05, 0) is 38.5 Å². The van der Waals surface area contributed by atoms with E-state index in [-0.39, 0.29) is 25.3 Å². The number of hydrogen-bond donors (Lipinski definition) is 1. The average Bonchev–Trinajstić information content (AvgIpc) is 1.99. The second kappa shape index (κ2) is 4.68. The summed E-state index contributed by atoms with van der Waals surface area (Å²) in [5.74, 6) is 0. The van der Waals surface area contributed by atoms with Gasteiger partial charge in [0, 0.05) is 12.5 Å². The van der Waals surface area contributed by atoms with E-state index in [0.717, 1.165) is 6.42 Å². The zero-order valence-corrected chi connectivity index (χ0v) is 8.62. The topological polar surface area (TPSA) is 26.0 Å². The lowest BCUT2D eigenvalue weighted by atomic mass is 9.80. The van der Waals surface area contributed by atoms with Crippen molar-refractivity contribution in [3.8, 4) is 0 Å². The van der Waals surface area contributed by atoms with E-state index >= 15 is 0 Å². The third-order valence-electron chi connectivity index (χ3n) is 2.91. The monoisotopic (exact) mass is 227 g/mol. The summed E-state index contributed by atoms with van der Waals surface area (Å²) >= 11 is 0. The molecule has 1 aliphatic rings. The highest BCUT2D eigenvalue weighted by Crippen LogP contribution is 2.36. The first-order chi connectivity index (χ1) is 6.81. The molecule has 5 heteroatoms. The fourth-order valence-electron chi connectivity index (χ4n) is 2.19. The van der Waals surface area contributed by atoms with Gasteiger partial charge in [-0.25, -0.2) is 4.39 Å². The molecule has 0 radical (unpaired) electrons. The standard InChI is InChI=1S/C10H17F4N/c11-9(4-1-3-8(15)7-9)5-2-6-10(12,13)14/h8H,1-7,15H2. The SMILES string of the molecule is NC1CCCC(F)(CCCC(F)(F)F)C1. The Morgan fingerprint density at radius 1 is 1.33 bits per heavy atom. The predicted molar refractivity (Wildman–Crippen MR) is 50.2 cm³/mol. The average molecular weight is 227 g/mol. The molecule has 2 unspecified atom stereocenters. The molecule has 1 fully saturated rings. The van der Waals surface area contributed by atoms with Crippen LogP contribution in [0.5, 0.6) is 0 Å².